The summed E-state index contributed by atoms with van der Waals surface area (Å²) >= 11 is 1.81. The van der Waals surface area contributed by atoms with Gasteiger partial charge in [-0.15, -0.1) is 11.3 Å². The highest BCUT2D eigenvalue weighted by molar-refractivity contribution is 7.18. The largest absolute Gasteiger partial charge is 0.459 e. The molecule has 1 fully saturated rings. The molecule has 0 bridgehead atoms. The number of fused-ring (bicyclic) bond motifs is 2. The van der Waals surface area contributed by atoms with Crippen molar-refractivity contribution in [2.75, 3.05) is 26.7 Å². The minimum absolute atomic E-state index is 0.0970. The van der Waals surface area contributed by atoms with Crippen LogP contribution in [0.3, 0.4) is 0 Å². The van der Waals surface area contributed by atoms with Gasteiger partial charge in [0, 0.05) is 18.4 Å². The SMILES string of the molecule is CC(c1cc2ccccc2o1)N(C)C(=O)CN1CCC(c2nc3ccccc3s2)CC1. The number of furan rings is 1. The second kappa shape index (κ2) is 8.44. The lowest BCUT2D eigenvalue weighted by molar-refractivity contribution is -0.133. The third-order valence-corrected chi connectivity index (χ3v) is 7.64. The van der Waals surface area contributed by atoms with E-state index in [1.807, 2.05) is 61.7 Å². The van der Waals surface area contributed by atoms with Crippen molar-refractivity contribution in [1.29, 1.82) is 0 Å². The van der Waals surface area contributed by atoms with Crippen LogP contribution in [0.5, 0.6) is 0 Å². The first-order valence-corrected chi connectivity index (χ1v) is 11.7. The van der Waals surface area contributed by atoms with Gasteiger partial charge in [0.1, 0.15) is 11.3 Å². The fourth-order valence-corrected chi connectivity index (χ4v) is 5.46. The van der Waals surface area contributed by atoms with E-state index < -0.39 is 0 Å². The molecular weight excluding hydrogens is 406 g/mol. The van der Waals surface area contributed by atoms with Crippen molar-refractivity contribution in [3.05, 3.63) is 65.4 Å². The molecule has 1 saturated heterocycles. The highest BCUT2D eigenvalue weighted by atomic mass is 32.1. The number of rotatable bonds is 5. The highest BCUT2D eigenvalue weighted by Crippen LogP contribution is 2.34. The van der Waals surface area contributed by atoms with Gasteiger partial charge in [0.15, 0.2) is 0 Å². The van der Waals surface area contributed by atoms with Gasteiger partial charge in [-0.3, -0.25) is 9.69 Å². The van der Waals surface area contributed by atoms with E-state index in [1.54, 1.807) is 4.90 Å². The number of likely N-dealkylation sites (N-methyl/N-ethyl adjacent to an activating group) is 1. The van der Waals surface area contributed by atoms with Gasteiger partial charge in [-0.05, 0) is 57.1 Å². The van der Waals surface area contributed by atoms with Crippen molar-refractivity contribution in [1.82, 2.24) is 14.8 Å². The normalized spacial score (nSPS) is 16.7. The van der Waals surface area contributed by atoms with Gasteiger partial charge in [0.25, 0.3) is 0 Å². The summed E-state index contributed by atoms with van der Waals surface area (Å²) < 4.78 is 7.23. The molecule has 4 aromatic rings. The van der Waals surface area contributed by atoms with Crippen LogP contribution in [0.1, 0.15) is 42.5 Å². The lowest BCUT2D eigenvalue weighted by atomic mass is 9.97. The Balaban J connectivity index is 1.18. The quantitative estimate of drug-likeness (QED) is 0.420. The second-order valence-corrected chi connectivity index (χ2v) is 9.50. The van der Waals surface area contributed by atoms with Crippen molar-refractivity contribution in [3.63, 3.8) is 0 Å². The summed E-state index contributed by atoms with van der Waals surface area (Å²) in [5.74, 6) is 1.45. The maximum absolute atomic E-state index is 12.9. The maximum atomic E-state index is 12.9. The van der Waals surface area contributed by atoms with Gasteiger partial charge in [-0.2, -0.15) is 0 Å². The van der Waals surface area contributed by atoms with E-state index in [-0.39, 0.29) is 11.9 Å². The number of nitrogens with zero attached hydrogens (tertiary/aromatic N) is 3. The average Bonchev–Trinajstić information content (AvgIpc) is 3.42. The summed E-state index contributed by atoms with van der Waals surface area (Å²) in [6.45, 7) is 4.33. The first-order valence-electron chi connectivity index (χ1n) is 10.9. The molecule has 1 aliphatic heterocycles. The topological polar surface area (TPSA) is 49.6 Å². The monoisotopic (exact) mass is 433 g/mol. The number of hydrogen-bond donors (Lipinski definition) is 0. The van der Waals surface area contributed by atoms with E-state index in [9.17, 15) is 4.79 Å². The Hall–Kier alpha value is -2.70. The van der Waals surface area contributed by atoms with Crippen LogP contribution in [0.2, 0.25) is 0 Å². The molecule has 1 amide bonds. The number of hydrogen-bond acceptors (Lipinski definition) is 5. The number of piperidine rings is 1. The molecule has 0 N–H and O–H groups in total. The third kappa shape index (κ3) is 4.10. The Labute approximate surface area is 186 Å². The Bertz CT molecular complexity index is 1140. The predicted octanol–water partition coefficient (Wildman–Crippen LogP) is 5.44. The zero-order valence-electron chi connectivity index (χ0n) is 18.0. The number of aromatic nitrogens is 1. The van der Waals surface area contributed by atoms with Crippen LogP contribution in [0.4, 0.5) is 0 Å². The smallest absolute Gasteiger partial charge is 0.237 e. The van der Waals surface area contributed by atoms with E-state index in [1.165, 1.54) is 9.71 Å². The summed E-state index contributed by atoms with van der Waals surface area (Å²) in [5.41, 5.74) is 1.96. The molecular formula is C25H27N3O2S. The molecule has 0 radical (unpaired) electrons. The molecule has 2 aromatic carbocycles. The Morgan fingerprint density at radius 2 is 1.94 bits per heavy atom. The number of para-hydroxylation sites is 2. The predicted molar refractivity (Wildman–Crippen MR) is 125 cm³/mol. The number of thiazole rings is 1. The molecule has 6 heteroatoms. The van der Waals surface area contributed by atoms with Crippen molar-refractivity contribution < 1.29 is 9.21 Å². The first-order chi connectivity index (χ1) is 15.1. The van der Waals surface area contributed by atoms with Gasteiger partial charge >= 0.3 is 0 Å². The van der Waals surface area contributed by atoms with Gasteiger partial charge in [-0.1, -0.05) is 30.3 Å². The molecule has 3 heterocycles. The van der Waals surface area contributed by atoms with Gasteiger partial charge < -0.3 is 9.32 Å². The standard InChI is InChI=1S/C25H27N3O2S/c1-17(22-15-19-7-3-5-9-21(19)30-22)27(2)24(29)16-28-13-11-18(12-14-28)25-26-20-8-4-6-10-23(20)31-25/h3-10,15,17-18H,11-14,16H2,1-2H3. The van der Waals surface area contributed by atoms with Crippen LogP contribution < -0.4 is 0 Å². The van der Waals surface area contributed by atoms with Crippen LogP contribution >= 0.6 is 11.3 Å². The Morgan fingerprint density at radius 3 is 2.71 bits per heavy atom. The minimum Gasteiger partial charge on any atom is -0.459 e. The van der Waals surface area contributed by atoms with E-state index in [0.717, 1.165) is 48.2 Å². The molecule has 160 valence electrons. The average molecular weight is 434 g/mol. The van der Waals surface area contributed by atoms with E-state index in [0.29, 0.717) is 12.5 Å². The lowest BCUT2D eigenvalue weighted by Gasteiger charge is -2.32. The molecule has 1 atom stereocenters. The Kier molecular flexibility index (Phi) is 5.50. The van der Waals surface area contributed by atoms with Crippen molar-refractivity contribution in [2.24, 2.45) is 0 Å². The first kappa shape index (κ1) is 20.2. The third-order valence-electron chi connectivity index (χ3n) is 6.44. The Morgan fingerprint density at radius 1 is 1.19 bits per heavy atom. The number of carbonyl (C=O) groups excluding carboxylic acids is 1. The molecule has 0 spiro atoms. The van der Waals surface area contributed by atoms with Crippen molar-refractivity contribution >= 4 is 38.4 Å². The summed E-state index contributed by atoms with van der Waals surface area (Å²) in [7, 11) is 1.87. The summed E-state index contributed by atoms with van der Waals surface area (Å²) in [6, 6.07) is 18.2. The molecule has 1 aliphatic rings. The highest BCUT2D eigenvalue weighted by Gasteiger charge is 2.27. The zero-order chi connectivity index (χ0) is 21.4. The van der Waals surface area contributed by atoms with Crippen LogP contribution in [0, 0.1) is 0 Å². The second-order valence-electron chi connectivity index (χ2n) is 8.44. The molecule has 0 saturated carbocycles. The lowest BCUT2D eigenvalue weighted by Crippen LogP contribution is -2.42. The zero-order valence-corrected chi connectivity index (χ0v) is 18.8. The maximum Gasteiger partial charge on any atom is 0.237 e. The number of likely N-dealkylation sites (tertiary alicyclic amines) is 1. The fourth-order valence-electron chi connectivity index (χ4n) is 4.32. The number of amides is 1. The molecule has 2 aromatic heterocycles. The number of carbonyl (C=O) groups is 1. The van der Waals surface area contributed by atoms with Crippen LogP contribution in [0.25, 0.3) is 21.2 Å². The molecule has 5 nitrogen and oxygen atoms in total. The molecule has 5 rings (SSSR count). The summed E-state index contributed by atoms with van der Waals surface area (Å²) in [6.07, 6.45) is 2.10. The van der Waals surface area contributed by atoms with Gasteiger partial charge in [0.2, 0.25) is 5.91 Å². The van der Waals surface area contributed by atoms with E-state index in [4.69, 9.17) is 9.40 Å². The summed E-state index contributed by atoms with van der Waals surface area (Å²) in [5, 5.41) is 2.31. The van der Waals surface area contributed by atoms with Crippen molar-refractivity contribution in [2.45, 2.75) is 31.7 Å². The molecule has 1 unspecified atom stereocenters. The summed E-state index contributed by atoms with van der Waals surface area (Å²) in [4.78, 5) is 21.9. The number of benzene rings is 2. The van der Waals surface area contributed by atoms with E-state index in [2.05, 4.69) is 23.1 Å². The molecule has 0 aliphatic carbocycles. The van der Waals surface area contributed by atoms with Crippen molar-refractivity contribution in [3.8, 4) is 0 Å². The van der Waals surface area contributed by atoms with Crippen LogP contribution in [-0.4, -0.2) is 47.4 Å². The molecule has 31 heavy (non-hydrogen) atoms. The van der Waals surface area contributed by atoms with Gasteiger partial charge in [-0.25, -0.2) is 4.98 Å². The minimum atomic E-state index is -0.0970. The van der Waals surface area contributed by atoms with Crippen LogP contribution in [0.15, 0.2) is 59.0 Å². The van der Waals surface area contributed by atoms with E-state index >= 15 is 0 Å². The van der Waals surface area contributed by atoms with Gasteiger partial charge in [0.05, 0.1) is 27.8 Å². The van der Waals surface area contributed by atoms with Crippen LogP contribution in [-0.2, 0) is 4.79 Å². The fraction of sp³-hybridized carbons (Fsp3) is 0.360.